The summed E-state index contributed by atoms with van der Waals surface area (Å²) < 4.78 is 0. The Morgan fingerprint density at radius 3 is 2.47 bits per heavy atom. The van der Waals surface area contributed by atoms with Crippen molar-refractivity contribution >= 4 is 11.7 Å². The molecule has 0 radical (unpaired) electrons. The number of amides is 1. The van der Waals surface area contributed by atoms with Crippen LogP contribution in [0.25, 0.3) is 11.3 Å². The molecule has 0 N–H and O–H groups in total. The third kappa shape index (κ3) is 3.77. The zero-order valence-corrected chi connectivity index (χ0v) is 16.9. The molecule has 0 spiro atoms. The van der Waals surface area contributed by atoms with Crippen molar-refractivity contribution in [1.29, 1.82) is 0 Å². The average Bonchev–Trinajstić information content (AvgIpc) is 2.84. The molecule has 5 rings (SSSR count). The Morgan fingerprint density at radius 2 is 1.73 bits per heavy atom. The van der Waals surface area contributed by atoms with Gasteiger partial charge in [-0.05, 0) is 54.7 Å². The van der Waals surface area contributed by atoms with Gasteiger partial charge < -0.3 is 9.80 Å². The molecule has 0 aliphatic carbocycles. The van der Waals surface area contributed by atoms with Crippen LogP contribution in [-0.2, 0) is 17.8 Å². The highest BCUT2D eigenvalue weighted by Gasteiger charge is 2.30. The number of hydrogen-bond acceptors (Lipinski definition) is 5. The summed E-state index contributed by atoms with van der Waals surface area (Å²) >= 11 is 0. The standard InChI is InChI=1S/C24H25N5O/c30-24(29-15-9-18-4-1-2-5-21(18)17-29)19-10-13-28(14-11-19)23-8-7-22(26-27-23)20-6-3-12-25-16-20/h1-8,12,16,19H,9-11,13-15,17H2. The van der Waals surface area contributed by atoms with E-state index in [4.69, 9.17) is 0 Å². The summed E-state index contributed by atoms with van der Waals surface area (Å²) in [5.74, 6) is 1.29. The number of piperidine rings is 1. The molecule has 6 heteroatoms. The van der Waals surface area contributed by atoms with Crippen LogP contribution in [0.5, 0.6) is 0 Å². The van der Waals surface area contributed by atoms with Crippen LogP contribution in [-0.4, -0.2) is 45.6 Å². The van der Waals surface area contributed by atoms with E-state index in [-0.39, 0.29) is 5.92 Å². The lowest BCUT2D eigenvalue weighted by Crippen LogP contribution is -2.44. The van der Waals surface area contributed by atoms with Crippen LogP contribution in [0.1, 0.15) is 24.0 Å². The van der Waals surface area contributed by atoms with Gasteiger partial charge in [0.05, 0.1) is 5.69 Å². The van der Waals surface area contributed by atoms with Gasteiger partial charge in [0.1, 0.15) is 0 Å². The molecule has 2 aromatic heterocycles. The summed E-state index contributed by atoms with van der Waals surface area (Å²) in [6, 6.07) is 16.3. The summed E-state index contributed by atoms with van der Waals surface area (Å²) in [5.41, 5.74) is 4.45. The molecule has 3 aromatic rings. The van der Waals surface area contributed by atoms with Gasteiger partial charge in [-0.2, -0.15) is 0 Å². The van der Waals surface area contributed by atoms with E-state index in [9.17, 15) is 4.79 Å². The van der Waals surface area contributed by atoms with Crippen molar-refractivity contribution in [3.63, 3.8) is 0 Å². The zero-order chi connectivity index (χ0) is 20.3. The van der Waals surface area contributed by atoms with Crippen LogP contribution in [0, 0.1) is 5.92 Å². The van der Waals surface area contributed by atoms with Gasteiger partial charge in [-0.1, -0.05) is 24.3 Å². The van der Waals surface area contributed by atoms with E-state index in [2.05, 4.69) is 44.3 Å². The van der Waals surface area contributed by atoms with Crippen LogP contribution in [0.3, 0.4) is 0 Å². The maximum atomic E-state index is 13.1. The fourth-order valence-electron chi connectivity index (χ4n) is 4.46. The first-order chi connectivity index (χ1) is 14.8. The number of nitrogens with zero attached hydrogens (tertiary/aromatic N) is 5. The Balaban J connectivity index is 1.19. The molecule has 6 nitrogen and oxygen atoms in total. The van der Waals surface area contributed by atoms with Gasteiger partial charge in [0.2, 0.25) is 5.91 Å². The predicted molar refractivity (Wildman–Crippen MR) is 116 cm³/mol. The van der Waals surface area contributed by atoms with E-state index in [1.807, 2.05) is 29.2 Å². The second-order valence-corrected chi connectivity index (χ2v) is 8.06. The minimum Gasteiger partial charge on any atom is -0.355 e. The van der Waals surface area contributed by atoms with Crippen molar-refractivity contribution in [3.8, 4) is 11.3 Å². The summed E-state index contributed by atoms with van der Waals surface area (Å²) in [7, 11) is 0. The molecule has 1 saturated heterocycles. The van der Waals surface area contributed by atoms with E-state index in [0.717, 1.165) is 62.5 Å². The number of hydrogen-bond donors (Lipinski definition) is 0. The third-order valence-corrected chi connectivity index (χ3v) is 6.22. The summed E-state index contributed by atoms with van der Waals surface area (Å²) in [6.07, 6.45) is 6.23. The van der Waals surface area contributed by atoms with Crippen LogP contribution in [0.2, 0.25) is 0 Å². The molecule has 1 amide bonds. The number of benzene rings is 1. The van der Waals surface area contributed by atoms with Crippen LogP contribution < -0.4 is 4.90 Å². The van der Waals surface area contributed by atoms with Crippen molar-refractivity contribution in [2.45, 2.75) is 25.8 Å². The molecule has 0 bridgehead atoms. The molecular formula is C24H25N5O. The third-order valence-electron chi connectivity index (χ3n) is 6.22. The molecule has 152 valence electrons. The summed E-state index contributed by atoms with van der Waals surface area (Å²) in [5, 5.41) is 8.78. The first-order valence-corrected chi connectivity index (χ1v) is 10.6. The average molecular weight is 399 g/mol. The van der Waals surface area contributed by atoms with Crippen LogP contribution in [0.15, 0.2) is 60.9 Å². The van der Waals surface area contributed by atoms with Gasteiger partial charge >= 0.3 is 0 Å². The number of anilines is 1. The van der Waals surface area contributed by atoms with Gasteiger partial charge in [0, 0.05) is 50.1 Å². The number of pyridine rings is 1. The fourth-order valence-corrected chi connectivity index (χ4v) is 4.46. The zero-order valence-electron chi connectivity index (χ0n) is 16.9. The second-order valence-electron chi connectivity index (χ2n) is 8.06. The highest BCUT2D eigenvalue weighted by molar-refractivity contribution is 5.79. The SMILES string of the molecule is O=C(C1CCN(c2ccc(-c3cccnc3)nn2)CC1)N1CCc2ccccc2C1. The van der Waals surface area contributed by atoms with E-state index >= 15 is 0 Å². The molecule has 30 heavy (non-hydrogen) atoms. The van der Waals surface area contributed by atoms with Crippen molar-refractivity contribution in [2.24, 2.45) is 5.92 Å². The Bertz CT molecular complexity index is 1010. The highest BCUT2D eigenvalue weighted by Crippen LogP contribution is 2.27. The fraction of sp³-hybridized carbons (Fsp3) is 0.333. The van der Waals surface area contributed by atoms with Crippen molar-refractivity contribution in [2.75, 3.05) is 24.5 Å². The maximum Gasteiger partial charge on any atom is 0.226 e. The number of aromatic nitrogens is 3. The molecule has 0 atom stereocenters. The minimum absolute atomic E-state index is 0.106. The number of fused-ring (bicyclic) bond motifs is 1. The molecule has 0 unspecified atom stereocenters. The van der Waals surface area contributed by atoms with E-state index < -0.39 is 0 Å². The quantitative estimate of drug-likeness (QED) is 0.676. The normalized spacial score (nSPS) is 16.9. The van der Waals surface area contributed by atoms with E-state index in [0.29, 0.717) is 5.91 Å². The summed E-state index contributed by atoms with van der Waals surface area (Å²) in [6.45, 7) is 3.25. The van der Waals surface area contributed by atoms with E-state index in [1.54, 1.807) is 12.4 Å². The minimum atomic E-state index is 0.106. The van der Waals surface area contributed by atoms with Crippen molar-refractivity contribution < 1.29 is 4.79 Å². The van der Waals surface area contributed by atoms with Crippen LogP contribution in [0.4, 0.5) is 5.82 Å². The highest BCUT2D eigenvalue weighted by atomic mass is 16.2. The van der Waals surface area contributed by atoms with Crippen molar-refractivity contribution in [3.05, 3.63) is 72.1 Å². The lowest BCUT2D eigenvalue weighted by molar-refractivity contribution is -0.137. The molecule has 0 saturated carbocycles. The molecule has 1 aromatic carbocycles. The Morgan fingerprint density at radius 1 is 0.900 bits per heavy atom. The first kappa shape index (κ1) is 18.7. The molecule has 2 aliphatic heterocycles. The Hall–Kier alpha value is -3.28. The van der Waals surface area contributed by atoms with Gasteiger partial charge in [-0.15, -0.1) is 10.2 Å². The number of carbonyl (C=O) groups is 1. The topological polar surface area (TPSA) is 62.2 Å². The number of carbonyl (C=O) groups excluding carboxylic acids is 1. The van der Waals surface area contributed by atoms with E-state index in [1.165, 1.54) is 11.1 Å². The largest absolute Gasteiger partial charge is 0.355 e. The van der Waals surface area contributed by atoms with Crippen LogP contribution >= 0.6 is 0 Å². The monoisotopic (exact) mass is 399 g/mol. The lowest BCUT2D eigenvalue weighted by atomic mass is 9.93. The molecule has 4 heterocycles. The maximum absolute atomic E-state index is 13.1. The molecule has 1 fully saturated rings. The smallest absolute Gasteiger partial charge is 0.226 e. The van der Waals surface area contributed by atoms with Gasteiger partial charge in [-0.25, -0.2) is 0 Å². The predicted octanol–water partition coefficient (Wildman–Crippen LogP) is 3.34. The summed E-state index contributed by atoms with van der Waals surface area (Å²) in [4.78, 5) is 21.5. The van der Waals surface area contributed by atoms with Gasteiger partial charge in [0.15, 0.2) is 5.82 Å². The van der Waals surface area contributed by atoms with Gasteiger partial charge in [0.25, 0.3) is 0 Å². The lowest BCUT2D eigenvalue weighted by Gasteiger charge is -2.36. The van der Waals surface area contributed by atoms with Gasteiger partial charge in [-0.3, -0.25) is 9.78 Å². The Labute approximate surface area is 176 Å². The molecule has 2 aliphatic rings. The van der Waals surface area contributed by atoms with Crippen molar-refractivity contribution in [1.82, 2.24) is 20.1 Å². The number of rotatable bonds is 3. The first-order valence-electron chi connectivity index (χ1n) is 10.6. The Kier molecular flexibility index (Phi) is 5.13. The second kappa shape index (κ2) is 8.22. The molecular weight excluding hydrogens is 374 g/mol.